The van der Waals surface area contributed by atoms with Gasteiger partial charge in [-0.2, -0.15) is 0 Å². The lowest BCUT2D eigenvalue weighted by molar-refractivity contribution is 0.256. The van der Waals surface area contributed by atoms with E-state index in [4.69, 9.17) is 23.4 Å². The molecule has 5 aromatic carbocycles. The van der Waals surface area contributed by atoms with E-state index in [9.17, 15) is 4.79 Å². The van der Waals surface area contributed by atoms with Crippen molar-refractivity contribution in [3.05, 3.63) is 154 Å². The lowest BCUT2D eigenvalue weighted by Crippen LogP contribution is -2.08. The van der Waals surface area contributed by atoms with Gasteiger partial charge < -0.3 is 23.4 Å². The van der Waals surface area contributed by atoms with E-state index in [-0.39, 0.29) is 11.2 Å². The molecule has 43 heavy (non-hydrogen) atoms. The van der Waals surface area contributed by atoms with E-state index >= 15 is 0 Å². The first kappa shape index (κ1) is 27.7. The Morgan fingerprint density at radius 1 is 0.581 bits per heavy atom. The molecule has 0 amide bonds. The molecule has 0 radical (unpaired) electrons. The summed E-state index contributed by atoms with van der Waals surface area (Å²) in [6, 6.07) is 40.3. The zero-order valence-electron chi connectivity index (χ0n) is 23.7. The van der Waals surface area contributed by atoms with E-state index < -0.39 is 0 Å². The SMILES string of the molecule is COc1c(-c2ccc(OCc3ccccc3)c(OCc3ccccc3)c2)oc2cc(OCc3ccccc3)ccc2c1=O. The maximum Gasteiger partial charge on any atom is 0.235 e. The lowest BCUT2D eigenvalue weighted by atomic mass is 10.1. The fraction of sp³-hybridized carbons (Fsp3) is 0.108. The molecule has 1 heterocycles. The Labute approximate surface area is 249 Å². The molecular formula is C37H30O6. The fourth-order valence-corrected chi connectivity index (χ4v) is 4.71. The fourth-order valence-electron chi connectivity index (χ4n) is 4.71. The summed E-state index contributed by atoms with van der Waals surface area (Å²) in [5.74, 6) is 2.08. The summed E-state index contributed by atoms with van der Waals surface area (Å²) in [5, 5.41) is 0.399. The second-order valence-electron chi connectivity index (χ2n) is 9.94. The van der Waals surface area contributed by atoms with E-state index in [2.05, 4.69) is 0 Å². The van der Waals surface area contributed by atoms with Crippen molar-refractivity contribution in [1.29, 1.82) is 0 Å². The van der Waals surface area contributed by atoms with Crippen molar-refractivity contribution >= 4 is 11.0 Å². The van der Waals surface area contributed by atoms with E-state index in [0.717, 1.165) is 16.7 Å². The summed E-state index contributed by atoms with van der Waals surface area (Å²) in [5.41, 5.74) is 3.82. The molecule has 214 valence electrons. The van der Waals surface area contributed by atoms with Crippen LogP contribution in [0.15, 0.2) is 137 Å². The third-order valence-electron chi connectivity index (χ3n) is 6.95. The van der Waals surface area contributed by atoms with E-state index in [1.54, 1.807) is 18.2 Å². The maximum absolute atomic E-state index is 13.5. The van der Waals surface area contributed by atoms with Crippen LogP contribution in [-0.2, 0) is 19.8 Å². The van der Waals surface area contributed by atoms with Gasteiger partial charge in [-0.25, -0.2) is 0 Å². The minimum absolute atomic E-state index is 0.109. The van der Waals surface area contributed by atoms with E-state index in [0.29, 0.717) is 59.4 Å². The molecule has 0 bridgehead atoms. The van der Waals surface area contributed by atoms with Gasteiger partial charge in [-0.05, 0) is 47.0 Å². The molecule has 1 aromatic heterocycles. The number of benzene rings is 5. The highest BCUT2D eigenvalue weighted by Crippen LogP contribution is 2.38. The Balaban J connectivity index is 1.35. The van der Waals surface area contributed by atoms with Crippen molar-refractivity contribution < 1.29 is 23.4 Å². The summed E-state index contributed by atoms with van der Waals surface area (Å²) in [4.78, 5) is 13.5. The number of rotatable bonds is 11. The normalized spacial score (nSPS) is 10.8. The van der Waals surface area contributed by atoms with Crippen molar-refractivity contribution in [2.75, 3.05) is 7.11 Å². The lowest BCUT2D eigenvalue weighted by Gasteiger charge is -2.16. The number of hydrogen-bond acceptors (Lipinski definition) is 6. The summed E-state index contributed by atoms with van der Waals surface area (Å²) in [6.07, 6.45) is 0. The van der Waals surface area contributed by atoms with Crippen molar-refractivity contribution in [2.24, 2.45) is 0 Å². The van der Waals surface area contributed by atoms with Crippen molar-refractivity contribution in [2.45, 2.75) is 19.8 Å². The smallest absolute Gasteiger partial charge is 0.235 e. The predicted octanol–water partition coefficient (Wildman–Crippen LogP) is 8.21. The van der Waals surface area contributed by atoms with Gasteiger partial charge in [-0.3, -0.25) is 4.79 Å². The van der Waals surface area contributed by atoms with Gasteiger partial charge in [0.25, 0.3) is 0 Å². The summed E-state index contributed by atoms with van der Waals surface area (Å²) in [7, 11) is 1.46. The Morgan fingerprint density at radius 3 is 1.72 bits per heavy atom. The van der Waals surface area contributed by atoms with Gasteiger partial charge in [0.15, 0.2) is 17.3 Å². The molecule has 6 rings (SSSR count). The molecule has 0 aliphatic carbocycles. The van der Waals surface area contributed by atoms with Crippen molar-refractivity contribution in [3.63, 3.8) is 0 Å². The van der Waals surface area contributed by atoms with Crippen LogP contribution >= 0.6 is 0 Å². The van der Waals surface area contributed by atoms with Crippen LogP contribution in [0.4, 0.5) is 0 Å². The van der Waals surface area contributed by atoms with Gasteiger partial charge in [-0.1, -0.05) is 91.0 Å². The van der Waals surface area contributed by atoms with Crippen LogP contribution in [-0.4, -0.2) is 7.11 Å². The van der Waals surface area contributed by atoms with Crippen LogP contribution in [0.5, 0.6) is 23.0 Å². The van der Waals surface area contributed by atoms with Crippen LogP contribution in [0, 0.1) is 0 Å². The highest BCUT2D eigenvalue weighted by Gasteiger charge is 2.20. The molecule has 0 fully saturated rings. The predicted molar refractivity (Wildman–Crippen MR) is 167 cm³/mol. The van der Waals surface area contributed by atoms with Crippen molar-refractivity contribution in [3.8, 4) is 34.3 Å². The maximum atomic E-state index is 13.5. The molecule has 6 aromatic rings. The molecule has 6 nitrogen and oxygen atoms in total. The largest absolute Gasteiger partial charge is 0.490 e. The number of ether oxygens (including phenoxy) is 4. The molecule has 0 aliphatic heterocycles. The third kappa shape index (κ3) is 6.54. The second-order valence-corrected chi connectivity index (χ2v) is 9.94. The molecule has 0 unspecified atom stereocenters. The number of methoxy groups -OCH3 is 1. The van der Waals surface area contributed by atoms with Crippen LogP contribution < -0.4 is 24.4 Å². The van der Waals surface area contributed by atoms with Gasteiger partial charge in [0.05, 0.1) is 12.5 Å². The number of fused-ring (bicyclic) bond motifs is 1. The highest BCUT2D eigenvalue weighted by atomic mass is 16.5. The Morgan fingerprint density at radius 2 is 1.14 bits per heavy atom. The first-order valence-electron chi connectivity index (χ1n) is 14.0. The third-order valence-corrected chi connectivity index (χ3v) is 6.95. The van der Waals surface area contributed by atoms with Crippen LogP contribution in [0.2, 0.25) is 0 Å². The molecule has 0 atom stereocenters. The topological polar surface area (TPSA) is 67.1 Å². The van der Waals surface area contributed by atoms with Gasteiger partial charge in [-0.15, -0.1) is 0 Å². The van der Waals surface area contributed by atoms with Crippen LogP contribution in [0.25, 0.3) is 22.3 Å². The molecule has 0 aliphatic rings. The monoisotopic (exact) mass is 570 g/mol. The average Bonchev–Trinajstić information content (AvgIpc) is 3.07. The quantitative estimate of drug-likeness (QED) is 0.156. The first-order valence-corrected chi connectivity index (χ1v) is 14.0. The average molecular weight is 571 g/mol. The summed E-state index contributed by atoms with van der Waals surface area (Å²) < 4.78 is 30.3. The van der Waals surface area contributed by atoms with Gasteiger partial charge in [0.2, 0.25) is 11.2 Å². The minimum atomic E-state index is -0.274. The highest BCUT2D eigenvalue weighted by molar-refractivity contribution is 5.83. The Hall–Kier alpha value is -5.49. The number of hydrogen-bond donors (Lipinski definition) is 0. The molecule has 0 N–H and O–H groups in total. The van der Waals surface area contributed by atoms with Gasteiger partial charge in [0.1, 0.15) is 31.2 Å². The molecule has 6 heteroatoms. The van der Waals surface area contributed by atoms with Gasteiger partial charge >= 0.3 is 0 Å². The zero-order valence-corrected chi connectivity index (χ0v) is 23.7. The standard InChI is InChI=1S/C37H30O6/c1-39-37-35(38)31-19-18-30(40-23-26-11-5-2-6-12-26)22-33(31)43-36(37)29-17-20-32(41-24-27-13-7-3-8-14-27)34(21-29)42-25-28-15-9-4-10-16-28/h2-22H,23-25H2,1H3. The Bertz CT molecular complexity index is 1870. The summed E-state index contributed by atoms with van der Waals surface area (Å²) in [6.45, 7) is 1.11. The van der Waals surface area contributed by atoms with Crippen LogP contribution in [0.1, 0.15) is 16.7 Å². The zero-order chi connectivity index (χ0) is 29.4. The van der Waals surface area contributed by atoms with Crippen LogP contribution in [0.3, 0.4) is 0 Å². The molecular weight excluding hydrogens is 540 g/mol. The molecule has 0 saturated heterocycles. The first-order chi connectivity index (χ1) is 21.2. The Kier molecular flexibility index (Phi) is 8.36. The second kappa shape index (κ2) is 13.0. The molecule has 0 spiro atoms. The van der Waals surface area contributed by atoms with Crippen molar-refractivity contribution in [1.82, 2.24) is 0 Å². The molecule has 0 saturated carbocycles. The summed E-state index contributed by atoms with van der Waals surface area (Å²) >= 11 is 0. The van der Waals surface area contributed by atoms with E-state index in [1.165, 1.54) is 7.11 Å². The van der Waals surface area contributed by atoms with E-state index in [1.807, 2.05) is 109 Å². The minimum Gasteiger partial charge on any atom is -0.490 e. The van der Waals surface area contributed by atoms with Gasteiger partial charge in [0, 0.05) is 11.6 Å².